The molecular formula is C12H16Br3NO. The lowest BCUT2D eigenvalue weighted by atomic mass is 10.1. The highest BCUT2D eigenvalue weighted by molar-refractivity contribution is 9.11. The van der Waals surface area contributed by atoms with E-state index in [1.54, 1.807) is 7.11 Å². The highest BCUT2D eigenvalue weighted by Crippen LogP contribution is 2.35. The van der Waals surface area contributed by atoms with Gasteiger partial charge in [-0.1, -0.05) is 29.8 Å². The number of rotatable bonds is 5. The molecule has 1 aromatic carbocycles. The van der Waals surface area contributed by atoms with Crippen molar-refractivity contribution in [2.24, 2.45) is 5.92 Å². The first-order valence-electron chi connectivity index (χ1n) is 5.35. The summed E-state index contributed by atoms with van der Waals surface area (Å²) in [5.41, 5.74) is 1.06. The monoisotopic (exact) mass is 427 g/mol. The fourth-order valence-corrected chi connectivity index (χ4v) is 3.93. The quantitative estimate of drug-likeness (QED) is 0.706. The van der Waals surface area contributed by atoms with Gasteiger partial charge in [-0.05, 0) is 49.9 Å². The van der Waals surface area contributed by atoms with Gasteiger partial charge in [0.2, 0.25) is 0 Å². The molecule has 0 saturated carbocycles. The predicted octanol–water partition coefficient (Wildman–Crippen LogP) is 5.06. The summed E-state index contributed by atoms with van der Waals surface area (Å²) in [7, 11) is 1.72. The van der Waals surface area contributed by atoms with Gasteiger partial charge in [0.1, 0.15) is 0 Å². The minimum atomic E-state index is 0.286. The van der Waals surface area contributed by atoms with Crippen LogP contribution in [-0.4, -0.2) is 19.8 Å². The standard InChI is InChI=1S/C12H16Br3NO/c1-7(2)11(6-17-3)16-12-9(14)4-8(13)5-10(12)15/h4-5,7,11,16H,6H2,1-3H3. The average Bonchev–Trinajstić information content (AvgIpc) is 2.21. The molecule has 0 fully saturated rings. The van der Waals surface area contributed by atoms with Crippen LogP contribution in [0, 0.1) is 5.92 Å². The van der Waals surface area contributed by atoms with Crippen molar-refractivity contribution < 1.29 is 4.74 Å². The molecule has 2 nitrogen and oxygen atoms in total. The summed E-state index contributed by atoms with van der Waals surface area (Å²) in [5.74, 6) is 0.498. The van der Waals surface area contributed by atoms with Crippen molar-refractivity contribution in [3.63, 3.8) is 0 Å². The van der Waals surface area contributed by atoms with Gasteiger partial charge in [-0.25, -0.2) is 0 Å². The molecular weight excluding hydrogens is 414 g/mol. The van der Waals surface area contributed by atoms with Gasteiger partial charge in [0.15, 0.2) is 0 Å². The molecule has 5 heteroatoms. The second kappa shape index (κ2) is 7.12. The van der Waals surface area contributed by atoms with Crippen LogP contribution in [0.5, 0.6) is 0 Å². The van der Waals surface area contributed by atoms with Gasteiger partial charge < -0.3 is 10.1 Å². The number of anilines is 1. The molecule has 0 amide bonds. The van der Waals surface area contributed by atoms with E-state index in [-0.39, 0.29) is 6.04 Å². The zero-order chi connectivity index (χ0) is 13.0. The van der Waals surface area contributed by atoms with Gasteiger partial charge in [0, 0.05) is 20.5 Å². The Labute approximate surface area is 128 Å². The van der Waals surface area contributed by atoms with Gasteiger partial charge in [0.25, 0.3) is 0 Å². The van der Waals surface area contributed by atoms with E-state index in [1.165, 1.54) is 0 Å². The molecule has 0 aromatic heterocycles. The molecule has 1 rings (SSSR count). The molecule has 1 aromatic rings. The lowest BCUT2D eigenvalue weighted by molar-refractivity contribution is 0.171. The van der Waals surface area contributed by atoms with E-state index < -0.39 is 0 Å². The van der Waals surface area contributed by atoms with Crippen LogP contribution in [0.2, 0.25) is 0 Å². The van der Waals surface area contributed by atoms with Crippen molar-refractivity contribution in [1.82, 2.24) is 0 Å². The lowest BCUT2D eigenvalue weighted by Crippen LogP contribution is -2.30. The number of hydrogen-bond donors (Lipinski definition) is 1. The summed E-state index contributed by atoms with van der Waals surface area (Å²) in [4.78, 5) is 0. The summed E-state index contributed by atoms with van der Waals surface area (Å²) in [6, 6.07) is 4.34. The van der Waals surface area contributed by atoms with Crippen LogP contribution in [-0.2, 0) is 4.74 Å². The Morgan fingerprint density at radius 3 is 2.12 bits per heavy atom. The first-order chi connectivity index (χ1) is 7.95. The Kier molecular flexibility index (Phi) is 6.48. The fraction of sp³-hybridized carbons (Fsp3) is 0.500. The first kappa shape index (κ1) is 15.5. The van der Waals surface area contributed by atoms with Gasteiger partial charge in [0.05, 0.1) is 18.3 Å². The number of hydrogen-bond acceptors (Lipinski definition) is 2. The Bertz CT molecular complexity index is 359. The van der Waals surface area contributed by atoms with Gasteiger partial charge in [-0.15, -0.1) is 0 Å². The Morgan fingerprint density at radius 1 is 1.18 bits per heavy atom. The predicted molar refractivity (Wildman–Crippen MR) is 83.7 cm³/mol. The van der Waals surface area contributed by atoms with Gasteiger partial charge in [-0.3, -0.25) is 0 Å². The van der Waals surface area contributed by atoms with E-state index in [9.17, 15) is 0 Å². The third-order valence-electron chi connectivity index (χ3n) is 2.49. The highest BCUT2D eigenvalue weighted by Gasteiger charge is 2.16. The summed E-state index contributed by atoms with van der Waals surface area (Å²) >= 11 is 10.6. The Balaban J connectivity index is 2.93. The largest absolute Gasteiger partial charge is 0.383 e. The Morgan fingerprint density at radius 2 is 1.71 bits per heavy atom. The summed E-state index contributed by atoms with van der Waals surface area (Å²) in [6.45, 7) is 5.04. The molecule has 1 N–H and O–H groups in total. The minimum absolute atomic E-state index is 0.286. The molecule has 0 aliphatic carbocycles. The molecule has 1 unspecified atom stereocenters. The number of methoxy groups -OCH3 is 1. The van der Waals surface area contributed by atoms with Crippen LogP contribution >= 0.6 is 47.8 Å². The topological polar surface area (TPSA) is 21.3 Å². The molecule has 0 spiro atoms. The van der Waals surface area contributed by atoms with E-state index in [0.717, 1.165) is 19.1 Å². The highest BCUT2D eigenvalue weighted by atomic mass is 79.9. The second-order valence-corrected chi connectivity index (χ2v) is 6.82. The maximum atomic E-state index is 5.24. The molecule has 1 atom stereocenters. The number of nitrogens with one attached hydrogen (secondary N) is 1. The van der Waals surface area contributed by atoms with Crippen LogP contribution < -0.4 is 5.32 Å². The van der Waals surface area contributed by atoms with Crippen molar-refractivity contribution in [3.8, 4) is 0 Å². The maximum Gasteiger partial charge on any atom is 0.0666 e. The van der Waals surface area contributed by atoms with Crippen LogP contribution in [0.25, 0.3) is 0 Å². The lowest BCUT2D eigenvalue weighted by Gasteiger charge is -2.24. The summed E-state index contributed by atoms with van der Waals surface area (Å²) in [5, 5.41) is 3.50. The molecule has 0 saturated heterocycles. The van der Waals surface area contributed by atoms with E-state index >= 15 is 0 Å². The van der Waals surface area contributed by atoms with Crippen molar-refractivity contribution in [1.29, 1.82) is 0 Å². The van der Waals surface area contributed by atoms with Gasteiger partial charge >= 0.3 is 0 Å². The maximum absolute atomic E-state index is 5.24. The van der Waals surface area contributed by atoms with Crippen molar-refractivity contribution in [2.45, 2.75) is 19.9 Å². The fourth-order valence-electron chi connectivity index (χ4n) is 1.45. The summed E-state index contributed by atoms with van der Waals surface area (Å²) < 4.78 is 8.33. The minimum Gasteiger partial charge on any atom is -0.383 e. The first-order valence-corrected chi connectivity index (χ1v) is 7.73. The molecule has 0 heterocycles. The van der Waals surface area contributed by atoms with Crippen molar-refractivity contribution in [3.05, 3.63) is 25.6 Å². The van der Waals surface area contributed by atoms with E-state index in [4.69, 9.17) is 4.74 Å². The third kappa shape index (κ3) is 4.54. The average molecular weight is 430 g/mol. The second-order valence-electron chi connectivity index (χ2n) is 4.19. The third-order valence-corrected chi connectivity index (χ3v) is 4.20. The van der Waals surface area contributed by atoms with Crippen molar-refractivity contribution >= 4 is 53.5 Å². The van der Waals surface area contributed by atoms with Crippen LogP contribution in [0.3, 0.4) is 0 Å². The summed E-state index contributed by atoms with van der Waals surface area (Å²) in [6.07, 6.45) is 0. The number of benzene rings is 1. The number of ether oxygens (including phenoxy) is 1. The van der Waals surface area contributed by atoms with Crippen molar-refractivity contribution in [2.75, 3.05) is 19.0 Å². The van der Waals surface area contributed by atoms with Gasteiger partial charge in [-0.2, -0.15) is 0 Å². The molecule has 0 bridgehead atoms. The van der Waals surface area contributed by atoms with Crippen LogP contribution in [0.4, 0.5) is 5.69 Å². The van der Waals surface area contributed by atoms with Crippen LogP contribution in [0.1, 0.15) is 13.8 Å². The Hall–Kier alpha value is 0.420. The van der Waals surface area contributed by atoms with E-state index in [2.05, 4.69) is 67.0 Å². The van der Waals surface area contributed by atoms with E-state index in [0.29, 0.717) is 12.5 Å². The molecule has 96 valence electrons. The van der Waals surface area contributed by atoms with E-state index in [1.807, 2.05) is 12.1 Å². The molecule has 0 aliphatic rings. The SMILES string of the molecule is COCC(Nc1c(Br)cc(Br)cc1Br)C(C)C. The number of halogens is 3. The zero-order valence-corrected chi connectivity index (χ0v) is 14.8. The smallest absolute Gasteiger partial charge is 0.0666 e. The molecule has 17 heavy (non-hydrogen) atoms. The zero-order valence-electron chi connectivity index (χ0n) is 10.1. The molecule has 0 radical (unpaired) electrons. The van der Waals surface area contributed by atoms with Crippen LogP contribution in [0.15, 0.2) is 25.6 Å². The molecule has 0 aliphatic heterocycles. The normalized spacial score (nSPS) is 12.9.